The van der Waals surface area contributed by atoms with Crippen LogP contribution in [0.15, 0.2) is 18.2 Å². The SMILES string of the molecule is CC(C)CNC(=O)c1c(OS(=O)(=O)C(F)(F)F)cccc1C(=O)O. The van der Waals surface area contributed by atoms with Crippen LogP contribution in [-0.4, -0.2) is 37.5 Å². The van der Waals surface area contributed by atoms with Crippen molar-refractivity contribution in [3.05, 3.63) is 29.3 Å². The number of halogens is 3. The summed E-state index contributed by atoms with van der Waals surface area (Å²) in [5.74, 6) is -3.74. The monoisotopic (exact) mass is 369 g/mol. The molecule has 0 saturated heterocycles. The molecule has 2 N–H and O–H groups in total. The molecule has 11 heteroatoms. The number of carboxylic acids is 1. The van der Waals surface area contributed by atoms with Crippen molar-refractivity contribution in [2.75, 3.05) is 6.54 Å². The molecule has 0 saturated carbocycles. The van der Waals surface area contributed by atoms with E-state index in [4.69, 9.17) is 5.11 Å². The molecule has 0 aliphatic heterocycles. The summed E-state index contributed by atoms with van der Waals surface area (Å²) in [6.07, 6.45) is 0. The molecule has 0 heterocycles. The summed E-state index contributed by atoms with van der Waals surface area (Å²) in [5, 5.41) is 11.4. The summed E-state index contributed by atoms with van der Waals surface area (Å²) >= 11 is 0. The largest absolute Gasteiger partial charge is 0.534 e. The second kappa shape index (κ2) is 7.07. The van der Waals surface area contributed by atoms with E-state index in [2.05, 4.69) is 9.50 Å². The van der Waals surface area contributed by atoms with E-state index in [-0.39, 0.29) is 12.5 Å². The molecule has 0 unspecified atom stereocenters. The normalized spacial score (nSPS) is 12.1. The number of carbonyl (C=O) groups excluding carboxylic acids is 1. The Morgan fingerprint density at radius 2 is 1.88 bits per heavy atom. The van der Waals surface area contributed by atoms with Gasteiger partial charge in [0.05, 0.1) is 11.1 Å². The van der Waals surface area contributed by atoms with E-state index >= 15 is 0 Å². The van der Waals surface area contributed by atoms with Crippen molar-refractivity contribution >= 4 is 22.0 Å². The van der Waals surface area contributed by atoms with E-state index in [0.717, 1.165) is 18.2 Å². The number of benzene rings is 1. The van der Waals surface area contributed by atoms with Gasteiger partial charge in [0.1, 0.15) is 0 Å². The van der Waals surface area contributed by atoms with Crippen LogP contribution in [0.1, 0.15) is 34.6 Å². The highest BCUT2D eigenvalue weighted by Gasteiger charge is 2.49. The van der Waals surface area contributed by atoms with Crippen LogP contribution >= 0.6 is 0 Å². The molecule has 7 nitrogen and oxygen atoms in total. The van der Waals surface area contributed by atoms with Gasteiger partial charge in [0, 0.05) is 6.54 Å². The Morgan fingerprint density at radius 1 is 1.29 bits per heavy atom. The predicted molar refractivity (Wildman–Crippen MR) is 76.2 cm³/mol. The van der Waals surface area contributed by atoms with E-state index in [0.29, 0.717) is 0 Å². The standard InChI is InChI=1S/C13H14F3NO6S/c1-7(2)6-17-11(18)10-8(12(19)20)4-3-5-9(10)23-24(21,22)13(14,15)16/h3-5,7H,6H2,1-2H3,(H,17,18)(H,19,20). The molecule has 1 amide bonds. The molecule has 1 aromatic carbocycles. The van der Waals surface area contributed by atoms with Crippen LogP contribution in [0.5, 0.6) is 5.75 Å². The first-order chi connectivity index (χ1) is 10.9. The first-order valence-electron chi connectivity index (χ1n) is 6.52. The summed E-state index contributed by atoms with van der Waals surface area (Å²) < 4.78 is 63.5. The van der Waals surface area contributed by atoms with Crippen molar-refractivity contribution in [1.82, 2.24) is 5.32 Å². The van der Waals surface area contributed by atoms with Gasteiger partial charge in [0.15, 0.2) is 5.75 Å². The van der Waals surface area contributed by atoms with Gasteiger partial charge < -0.3 is 14.6 Å². The van der Waals surface area contributed by atoms with Gasteiger partial charge in [-0.05, 0) is 18.1 Å². The van der Waals surface area contributed by atoms with E-state index in [9.17, 15) is 31.2 Å². The van der Waals surface area contributed by atoms with Crippen molar-refractivity contribution in [2.24, 2.45) is 5.92 Å². The zero-order valence-electron chi connectivity index (χ0n) is 12.5. The van der Waals surface area contributed by atoms with E-state index < -0.39 is 44.4 Å². The van der Waals surface area contributed by atoms with Crippen LogP contribution in [0.4, 0.5) is 13.2 Å². The molecule has 0 spiro atoms. The average Bonchev–Trinajstić information content (AvgIpc) is 2.42. The molecular weight excluding hydrogens is 355 g/mol. The van der Waals surface area contributed by atoms with Gasteiger partial charge in [-0.3, -0.25) is 4.79 Å². The number of nitrogens with one attached hydrogen (secondary N) is 1. The van der Waals surface area contributed by atoms with Crippen LogP contribution in [-0.2, 0) is 10.1 Å². The molecule has 0 atom stereocenters. The van der Waals surface area contributed by atoms with Crippen molar-refractivity contribution in [1.29, 1.82) is 0 Å². The predicted octanol–water partition coefficient (Wildman–Crippen LogP) is 2.00. The lowest BCUT2D eigenvalue weighted by molar-refractivity contribution is -0.0500. The third-order valence-electron chi connectivity index (χ3n) is 2.64. The summed E-state index contributed by atoms with van der Waals surface area (Å²) in [4.78, 5) is 23.3. The molecule has 1 aromatic rings. The Balaban J connectivity index is 3.38. The van der Waals surface area contributed by atoms with Gasteiger partial charge in [-0.25, -0.2) is 4.79 Å². The Hall–Kier alpha value is -2.30. The summed E-state index contributed by atoms with van der Waals surface area (Å²) in [5.41, 5.74) is -7.22. The van der Waals surface area contributed by atoms with Crippen LogP contribution in [0.25, 0.3) is 0 Å². The van der Waals surface area contributed by atoms with Gasteiger partial charge in [-0.15, -0.1) is 0 Å². The highest BCUT2D eigenvalue weighted by molar-refractivity contribution is 7.88. The van der Waals surface area contributed by atoms with Crippen molar-refractivity contribution in [3.63, 3.8) is 0 Å². The fourth-order valence-electron chi connectivity index (χ4n) is 1.56. The van der Waals surface area contributed by atoms with Crippen LogP contribution < -0.4 is 9.50 Å². The minimum Gasteiger partial charge on any atom is -0.478 e. The number of rotatable bonds is 6. The lowest BCUT2D eigenvalue weighted by Crippen LogP contribution is -2.32. The highest BCUT2D eigenvalue weighted by atomic mass is 32.2. The maximum atomic E-state index is 12.4. The second-order valence-corrected chi connectivity index (χ2v) is 6.61. The minimum absolute atomic E-state index is 0.0331. The Bertz CT molecular complexity index is 743. The smallest absolute Gasteiger partial charge is 0.478 e. The maximum Gasteiger partial charge on any atom is 0.534 e. The number of hydrogen-bond acceptors (Lipinski definition) is 5. The Labute approximate surface area is 135 Å². The first kappa shape index (κ1) is 19.7. The molecule has 0 aliphatic rings. The third-order valence-corrected chi connectivity index (χ3v) is 3.60. The summed E-state index contributed by atoms with van der Waals surface area (Å²) in [6, 6.07) is 2.67. The van der Waals surface area contributed by atoms with Crippen molar-refractivity contribution in [2.45, 2.75) is 19.4 Å². The van der Waals surface area contributed by atoms with Gasteiger partial charge in [0.2, 0.25) is 0 Å². The summed E-state index contributed by atoms with van der Waals surface area (Å²) in [6.45, 7) is 3.56. The Kier molecular flexibility index (Phi) is 5.82. The van der Waals surface area contributed by atoms with Crippen LogP contribution in [0, 0.1) is 5.92 Å². The van der Waals surface area contributed by atoms with Crippen molar-refractivity contribution < 1.29 is 40.5 Å². The van der Waals surface area contributed by atoms with Crippen LogP contribution in [0.3, 0.4) is 0 Å². The quantitative estimate of drug-likeness (QED) is 0.586. The lowest BCUT2D eigenvalue weighted by atomic mass is 10.1. The number of amides is 1. The number of aromatic carboxylic acids is 1. The molecule has 1 rings (SSSR count). The lowest BCUT2D eigenvalue weighted by Gasteiger charge is -2.15. The topological polar surface area (TPSA) is 110 Å². The van der Waals surface area contributed by atoms with Gasteiger partial charge in [0.25, 0.3) is 5.91 Å². The average molecular weight is 369 g/mol. The van der Waals surface area contributed by atoms with Gasteiger partial charge >= 0.3 is 21.6 Å². The number of alkyl halides is 3. The number of carboxylic acid groups (broad SMARTS) is 1. The number of carbonyl (C=O) groups is 2. The summed E-state index contributed by atoms with van der Waals surface area (Å²) in [7, 11) is -6.05. The minimum atomic E-state index is -6.05. The fourth-order valence-corrected chi connectivity index (χ4v) is 2.03. The van der Waals surface area contributed by atoms with Gasteiger partial charge in [-0.1, -0.05) is 19.9 Å². The van der Waals surface area contributed by atoms with E-state index in [1.54, 1.807) is 13.8 Å². The van der Waals surface area contributed by atoms with Crippen molar-refractivity contribution in [3.8, 4) is 5.75 Å². The first-order valence-corrected chi connectivity index (χ1v) is 7.93. The van der Waals surface area contributed by atoms with E-state index in [1.807, 2.05) is 0 Å². The molecule has 0 bridgehead atoms. The third kappa shape index (κ3) is 4.60. The Morgan fingerprint density at radius 3 is 2.33 bits per heavy atom. The molecule has 0 aliphatic carbocycles. The second-order valence-electron chi connectivity index (χ2n) is 5.07. The molecule has 0 aromatic heterocycles. The molecule has 0 radical (unpaired) electrons. The molecule has 0 fully saturated rings. The zero-order valence-corrected chi connectivity index (χ0v) is 13.4. The zero-order chi connectivity index (χ0) is 18.7. The highest BCUT2D eigenvalue weighted by Crippen LogP contribution is 2.30. The maximum absolute atomic E-state index is 12.4. The molecular formula is C13H14F3NO6S. The van der Waals surface area contributed by atoms with E-state index in [1.165, 1.54) is 0 Å². The number of hydrogen-bond donors (Lipinski definition) is 2. The fraction of sp³-hybridized carbons (Fsp3) is 0.385. The van der Waals surface area contributed by atoms with Gasteiger partial charge in [-0.2, -0.15) is 21.6 Å². The molecule has 24 heavy (non-hydrogen) atoms. The molecule has 134 valence electrons. The van der Waals surface area contributed by atoms with Crippen LogP contribution in [0.2, 0.25) is 0 Å².